The Bertz CT molecular complexity index is 734. The van der Waals surface area contributed by atoms with Crippen LogP contribution in [0.4, 0.5) is 0 Å². The highest BCUT2D eigenvalue weighted by Crippen LogP contribution is 2.21. The Hall–Kier alpha value is -2.53. The van der Waals surface area contributed by atoms with E-state index in [0.29, 0.717) is 24.6 Å². The number of carbonyl (C=O) groups is 2. The monoisotopic (exact) mass is 375 g/mol. The van der Waals surface area contributed by atoms with E-state index in [2.05, 4.69) is 5.32 Å². The van der Waals surface area contributed by atoms with Crippen molar-refractivity contribution in [2.45, 2.75) is 26.3 Å². The van der Waals surface area contributed by atoms with Gasteiger partial charge in [0.1, 0.15) is 5.75 Å². The molecule has 0 aliphatic rings. The number of amides is 1. The predicted octanol–water partition coefficient (Wildman–Crippen LogP) is 3.67. The molecule has 0 saturated carbocycles. The Labute approximate surface area is 158 Å². The third kappa shape index (κ3) is 7.15. The fraction of sp³-hybridized carbons (Fsp3) is 0.300. The van der Waals surface area contributed by atoms with Crippen molar-refractivity contribution < 1.29 is 19.1 Å². The van der Waals surface area contributed by atoms with Crippen LogP contribution in [-0.4, -0.2) is 25.1 Å². The van der Waals surface area contributed by atoms with Crippen molar-refractivity contribution in [1.29, 1.82) is 0 Å². The molecule has 0 spiro atoms. The summed E-state index contributed by atoms with van der Waals surface area (Å²) in [6.07, 6.45) is 0.700. The third-order valence-electron chi connectivity index (χ3n) is 3.62. The molecule has 0 aliphatic heterocycles. The van der Waals surface area contributed by atoms with Gasteiger partial charge in [0.25, 0.3) is 5.91 Å². The molecule has 2 aromatic carbocycles. The molecule has 0 bridgehead atoms. The first-order valence-electron chi connectivity index (χ1n) is 8.40. The summed E-state index contributed by atoms with van der Waals surface area (Å²) in [6.45, 7) is 2.43. The van der Waals surface area contributed by atoms with Crippen LogP contribution >= 0.6 is 11.6 Å². The van der Waals surface area contributed by atoms with Crippen LogP contribution in [0.5, 0.6) is 5.75 Å². The fourth-order valence-corrected chi connectivity index (χ4v) is 2.47. The molecule has 26 heavy (non-hydrogen) atoms. The van der Waals surface area contributed by atoms with Crippen LogP contribution < -0.4 is 10.1 Å². The minimum absolute atomic E-state index is 0.193. The van der Waals surface area contributed by atoms with Gasteiger partial charge < -0.3 is 14.8 Å². The maximum absolute atomic E-state index is 11.7. The lowest BCUT2D eigenvalue weighted by Crippen LogP contribution is -2.28. The summed E-state index contributed by atoms with van der Waals surface area (Å²) < 4.78 is 10.6. The Morgan fingerprint density at radius 2 is 1.88 bits per heavy atom. The number of carbonyl (C=O) groups excluding carboxylic acids is 2. The molecule has 2 aromatic rings. The maximum Gasteiger partial charge on any atom is 0.306 e. The molecule has 5 nitrogen and oxygen atoms in total. The minimum Gasteiger partial charge on any atom is -0.493 e. The van der Waals surface area contributed by atoms with E-state index in [9.17, 15) is 9.59 Å². The van der Waals surface area contributed by atoms with Gasteiger partial charge in [-0.3, -0.25) is 9.59 Å². The summed E-state index contributed by atoms with van der Waals surface area (Å²) in [4.78, 5) is 23.3. The third-order valence-corrected chi connectivity index (χ3v) is 3.85. The summed E-state index contributed by atoms with van der Waals surface area (Å²) in [7, 11) is 0. The molecule has 1 amide bonds. The fourth-order valence-electron chi connectivity index (χ4n) is 2.24. The summed E-state index contributed by atoms with van der Waals surface area (Å²) in [5.41, 5.74) is 1.93. The van der Waals surface area contributed by atoms with Gasteiger partial charge in [-0.2, -0.15) is 0 Å². The first-order valence-corrected chi connectivity index (χ1v) is 8.77. The molecular weight excluding hydrogens is 354 g/mol. The van der Waals surface area contributed by atoms with Gasteiger partial charge in [-0.15, -0.1) is 0 Å². The molecule has 138 valence electrons. The van der Waals surface area contributed by atoms with Gasteiger partial charge in [0.2, 0.25) is 0 Å². The number of hydrogen-bond donors (Lipinski definition) is 1. The zero-order valence-electron chi connectivity index (χ0n) is 14.7. The molecule has 0 aromatic heterocycles. The molecule has 0 heterocycles. The Morgan fingerprint density at radius 1 is 1.12 bits per heavy atom. The maximum atomic E-state index is 11.7. The van der Waals surface area contributed by atoms with Crippen LogP contribution in [0.1, 0.15) is 24.0 Å². The standard InChI is InChI=1S/C20H22ClNO4/c1-15-12-17(21)9-10-18(15)25-11-5-8-20(24)26-14-19(23)22-13-16-6-3-2-4-7-16/h2-4,6-7,9-10,12H,5,8,11,13-14H2,1H3,(H,22,23). The van der Waals surface area contributed by atoms with Gasteiger partial charge in [0, 0.05) is 18.0 Å². The number of nitrogens with one attached hydrogen (secondary N) is 1. The van der Waals surface area contributed by atoms with Crippen molar-refractivity contribution in [3.05, 3.63) is 64.7 Å². The first-order chi connectivity index (χ1) is 12.5. The van der Waals surface area contributed by atoms with E-state index in [-0.39, 0.29) is 18.9 Å². The van der Waals surface area contributed by atoms with E-state index in [0.717, 1.165) is 16.9 Å². The first kappa shape index (κ1) is 19.8. The molecule has 0 radical (unpaired) electrons. The van der Waals surface area contributed by atoms with Gasteiger partial charge >= 0.3 is 5.97 Å². The zero-order valence-corrected chi connectivity index (χ0v) is 15.4. The van der Waals surface area contributed by atoms with E-state index < -0.39 is 5.97 Å². The molecule has 1 N–H and O–H groups in total. The van der Waals surface area contributed by atoms with E-state index in [1.165, 1.54) is 0 Å². The summed E-state index contributed by atoms with van der Waals surface area (Å²) in [6, 6.07) is 14.9. The van der Waals surface area contributed by atoms with Gasteiger partial charge in [-0.05, 0) is 42.7 Å². The second-order valence-corrected chi connectivity index (χ2v) is 6.22. The number of aryl methyl sites for hydroxylation is 1. The van der Waals surface area contributed by atoms with Crippen LogP contribution in [-0.2, 0) is 20.9 Å². The van der Waals surface area contributed by atoms with E-state index in [4.69, 9.17) is 21.1 Å². The number of hydrogen-bond acceptors (Lipinski definition) is 4. The second kappa shape index (κ2) is 10.5. The SMILES string of the molecule is Cc1cc(Cl)ccc1OCCCC(=O)OCC(=O)NCc1ccccc1. The van der Waals surface area contributed by atoms with Crippen molar-refractivity contribution in [3.63, 3.8) is 0 Å². The average molecular weight is 376 g/mol. The van der Waals surface area contributed by atoms with Crippen LogP contribution in [0.2, 0.25) is 5.02 Å². The number of benzene rings is 2. The van der Waals surface area contributed by atoms with Crippen molar-refractivity contribution >= 4 is 23.5 Å². The highest BCUT2D eigenvalue weighted by atomic mass is 35.5. The lowest BCUT2D eigenvalue weighted by Gasteiger charge is -2.09. The van der Waals surface area contributed by atoms with Crippen LogP contribution in [0.25, 0.3) is 0 Å². The van der Waals surface area contributed by atoms with Crippen LogP contribution in [0, 0.1) is 6.92 Å². The molecule has 2 rings (SSSR count). The van der Waals surface area contributed by atoms with E-state index in [1.807, 2.05) is 43.3 Å². The molecule has 0 unspecified atom stereocenters. The second-order valence-electron chi connectivity index (χ2n) is 5.78. The van der Waals surface area contributed by atoms with E-state index in [1.54, 1.807) is 12.1 Å². The number of rotatable bonds is 9. The van der Waals surface area contributed by atoms with Crippen molar-refractivity contribution in [3.8, 4) is 5.75 Å². The molecule has 0 saturated heterocycles. The summed E-state index contributed by atoms with van der Waals surface area (Å²) in [5.74, 6) is -0.00501. The van der Waals surface area contributed by atoms with Crippen LogP contribution in [0.3, 0.4) is 0 Å². The van der Waals surface area contributed by atoms with Gasteiger partial charge in [-0.1, -0.05) is 41.9 Å². The van der Waals surface area contributed by atoms with Crippen molar-refractivity contribution in [2.24, 2.45) is 0 Å². The quantitative estimate of drug-likeness (QED) is 0.536. The van der Waals surface area contributed by atoms with E-state index >= 15 is 0 Å². The number of halogens is 1. The molecule has 0 aliphatic carbocycles. The Morgan fingerprint density at radius 3 is 2.62 bits per heavy atom. The summed E-state index contributed by atoms with van der Waals surface area (Å²) in [5, 5.41) is 3.36. The molecule has 6 heteroatoms. The summed E-state index contributed by atoms with van der Waals surface area (Å²) >= 11 is 5.89. The Balaban J connectivity index is 1.57. The number of ether oxygens (including phenoxy) is 2. The predicted molar refractivity (Wildman–Crippen MR) is 100 cm³/mol. The van der Waals surface area contributed by atoms with Gasteiger partial charge in [-0.25, -0.2) is 0 Å². The lowest BCUT2D eigenvalue weighted by atomic mass is 10.2. The minimum atomic E-state index is -0.420. The highest BCUT2D eigenvalue weighted by Gasteiger charge is 2.08. The molecular formula is C20H22ClNO4. The van der Waals surface area contributed by atoms with Crippen LogP contribution in [0.15, 0.2) is 48.5 Å². The molecule has 0 fully saturated rings. The number of esters is 1. The van der Waals surface area contributed by atoms with Gasteiger partial charge in [0.05, 0.1) is 6.61 Å². The largest absolute Gasteiger partial charge is 0.493 e. The van der Waals surface area contributed by atoms with Gasteiger partial charge in [0.15, 0.2) is 6.61 Å². The highest BCUT2D eigenvalue weighted by molar-refractivity contribution is 6.30. The Kier molecular flexibility index (Phi) is 7.96. The smallest absolute Gasteiger partial charge is 0.306 e. The lowest BCUT2D eigenvalue weighted by molar-refractivity contribution is -0.148. The zero-order chi connectivity index (χ0) is 18.8. The van der Waals surface area contributed by atoms with Crippen molar-refractivity contribution in [2.75, 3.05) is 13.2 Å². The average Bonchev–Trinajstić information content (AvgIpc) is 2.64. The topological polar surface area (TPSA) is 64.6 Å². The normalized spacial score (nSPS) is 10.2. The van der Waals surface area contributed by atoms with Crippen molar-refractivity contribution in [1.82, 2.24) is 5.32 Å². The molecule has 0 atom stereocenters.